The van der Waals surface area contributed by atoms with Crippen LogP contribution in [0.1, 0.15) is 46.3 Å². The van der Waals surface area contributed by atoms with E-state index in [-0.39, 0.29) is 11.9 Å². The van der Waals surface area contributed by atoms with Gasteiger partial charge >= 0.3 is 0 Å². The Labute approximate surface area is 188 Å². The van der Waals surface area contributed by atoms with Crippen LogP contribution in [0.2, 0.25) is 0 Å². The quantitative estimate of drug-likeness (QED) is 0.526. The fourth-order valence-corrected chi connectivity index (χ4v) is 5.98. The number of aryl methyl sites for hydroxylation is 1. The van der Waals surface area contributed by atoms with Crippen molar-refractivity contribution in [3.8, 4) is 5.75 Å². The highest BCUT2D eigenvalue weighted by Gasteiger charge is 2.33. The molecule has 2 heterocycles. The van der Waals surface area contributed by atoms with Crippen LogP contribution in [0.5, 0.6) is 5.75 Å². The van der Waals surface area contributed by atoms with Gasteiger partial charge in [0.05, 0.1) is 19.2 Å². The van der Waals surface area contributed by atoms with Crippen LogP contribution in [-0.4, -0.2) is 30.5 Å². The summed E-state index contributed by atoms with van der Waals surface area (Å²) in [5.74, 6) is 0.825. The number of benzene rings is 2. The molecule has 0 aliphatic carbocycles. The minimum absolute atomic E-state index is 0.0116. The van der Waals surface area contributed by atoms with Gasteiger partial charge in [-0.1, -0.05) is 37.3 Å². The first-order valence-electron chi connectivity index (χ1n) is 11.0. The third kappa shape index (κ3) is 4.68. The summed E-state index contributed by atoms with van der Waals surface area (Å²) in [6, 6.07) is 18.3. The van der Waals surface area contributed by atoms with Crippen LogP contribution in [0.4, 0.5) is 5.69 Å². The van der Waals surface area contributed by atoms with Gasteiger partial charge in [0, 0.05) is 22.0 Å². The normalized spacial score (nSPS) is 16.0. The van der Waals surface area contributed by atoms with E-state index in [1.54, 1.807) is 0 Å². The van der Waals surface area contributed by atoms with E-state index in [0.717, 1.165) is 30.8 Å². The maximum absolute atomic E-state index is 12.9. The summed E-state index contributed by atoms with van der Waals surface area (Å²) >= 11 is 1.90. The molecular formula is C26H30N2O2S. The molecule has 0 saturated carbocycles. The topological polar surface area (TPSA) is 41.6 Å². The Bertz CT molecular complexity index is 1030. The molecule has 0 fully saturated rings. The molecule has 1 aliphatic heterocycles. The fourth-order valence-electron chi connectivity index (χ4n) is 4.51. The van der Waals surface area contributed by atoms with Crippen molar-refractivity contribution in [2.45, 2.75) is 39.7 Å². The summed E-state index contributed by atoms with van der Waals surface area (Å²) < 4.78 is 5.48. The van der Waals surface area contributed by atoms with Crippen molar-refractivity contribution in [2.24, 2.45) is 0 Å². The Morgan fingerprint density at radius 3 is 2.55 bits per heavy atom. The van der Waals surface area contributed by atoms with Crippen molar-refractivity contribution < 1.29 is 9.53 Å². The highest BCUT2D eigenvalue weighted by Crippen LogP contribution is 2.42. The van der Waals surface area contributed by atoms with Crippen LogP contribution >= 0.6 is 11.3 Å². The first-order chi connectivity index (χ1) is 15.1. The standard InChI is InChI=1S/C26H30N2O2S/c1-4-22-18(3)31-26-23(22)15-16-28(25(26)19-9-7-6-8-10-19)17-24(29)27-20-11-13-21(14-12-20)30-5-2/h6-14,25H,4-5,15-17H2,1-3H3,(H,27,29). The second kappa shape index (κ2) is 9.67. The zero-order chi connectivity index (χ0) is 21.8. The van der Waals surface area contributed by atoms with Gasteiger partial charge in [-0.15, -0.1) is 11.3 Å². The van der Waals surface area contributed by atoms with Crippen LogP contribution in [0, 0.1) is 6.92 Å². The van der Waals surface area contributed by atoms with Crippen LogP contribution < -0.4 is 10.1 Å². The number of carbonyl (C=O) groups excluding carboxylic acids is 1. The molecule has 2 aromatic carbocycles. The van der Waals surface area contributed by atoms with Gasteiger partial charge in [0.25, 0.3) is 0 Å². The molecule has 162 valence electrons. The van der Waals surface area contributed by atoms with Crippen LogP contribution in [-0.2, 0) is 17.6 Å². The number of hydrogen-bond donors (Lipinski definition) is 1. The maximum atomic E-state index is 12.9. The Kier molecular flexibility index (Phi) is 6.73. The predicted molar refractivity (Wildman–Crippen MR) is 128 cm³/mol. The van der Waals surface area contributed by atoms with E-state index in [1.807, 2.05) is 48.6 Å². The Morgan fingerprint density at radius 2 is 1.87 bits per heavy atom. The van der Waals surface area contributed by atoms with Gasteiger partial charge in [-0.25, -0.2) is 0 Å². The lowest BCUT2D eigenvalue weighted by Gasteiger charge is -2.36. The van der Waals surface area contributed by atoms with E-state index in [1.165, 1.54) is 26.4 Å². The average Bonchev–Trinajstić information content (AvgIpc) is 3.10. The van der Waals surface area contributed by atoms with Gasteiger partial charge in [0.2, 0.25) is 5.91 Å². The lowest BCUT2D eigenvalue weighted by atomic mass is 9.91. The number of nitrogens with zero attached hydrogens (tertiary/aromatic N) is 1. The maximum Gasteiger partial charge on any atom is 0.238 e. The predicted octanol–water partition coefficient (Wildman–Crippen LogP) is 5.60. The number of fused-ring (bicyclic) bond motifs is 1. The zero-order valence-corrected chi connectivity index (χ0v) is 19.3. The van der Waals surface area contributed by atoms with Crippen molar-refractivity contribution in [1.29, 1.82) is 0 Å². The second-order valence-corrected chi connectivity index (χ2v) is 9.13. The van der Waals surface area contributed by atoms with Crippen LogP contribution in [0.15, 0.2) is 54.6 Å². The smallest absolute Gasteiger partial charge is 0.238 e. The molecule has 3 aromatic rings. The first kappa shape index (κ1) is 21.6. The minimum Gasteiger partial charge on any atom is -0.494 e. The van der Waals surface area contributed by atoms with Gasteiger partial charge in [-0.05, 0) is 67.6 Å². The third-order valence-electron chi connectivity index (χ3n) is 5.88. The molecule has 1 atom stereocenters. The molecule has 5 heteroatoms. The third-order valence-corrected chi connectivity index (χ3v) is 7.12. The summed E-state index contributed by atoms with van der Waals surface area (Å²) in [5.41, 5.74) is 5.05. The van der Waals surface area contributed by atoms with Crippen molar-refractivity contribution in [1.82, 2.24) is 4.90 Å². The number of anilines is 1. The molecular weight excluding hydrogens is 404 g/mol. The lowest BCUT2D eigenvalue weighted by molar-refractivity contribution is -0.117. The second-order valence-electron chi connectivity index (χ2n) is 7.87. The van der Waals surface area contributed by atoms with Crippen molar-refractivity contribution in [2.75, 3.05) is 25.0 Å². The molecule has 1 amide bonds. The molecule has 1 N–H and O–H groups in total. The number of rotatable bonds is 7. The average molecular weight is 435 g/mol. The fraction of sp³-hybridized carbons (Fsp3) is 0.346. The first-order valence-corrected chi connectivity index (χ1v) is 11.8. The van der Waals surface area contributed by atoms with Crippen LogP contribution in [0.3, 0.4) is 0 Å². The molecule has 0 saturated heterocycles. The molecule has 1 unspecified atom stereocenters. The number of nitrogens with one attached hydrogen (secondary N) is 1. The van der Waals surface area contributed by atoms with E-state index in [2.05, 4.69) is 48.3 Å². The molecule has 0 radical (unpaired) electrons. The highest BCUT2D eigenvalue weighted by atomic mass is 32.1. The molecule has 0 spiro atoms. The van der Waals surface area contributed by atoms with Gasteiger partial charge < -0.3 is 10.1 Å². The van der Waals surface area contributed by atoms with E-state index in [4.69, 9.17) is 4.74 Å². The summed E-state index contributed by atoms with van der Waals surface area (Å²) in [4.78, 5) is 18.1. The number of carbonyl (C=O) groups is 1. The number of amides is 1. The monoisotopic (exact) mass is 434 g/mol. The number of hydrogen-bond acceptors (Lipinski definition) is 4. The van der Waals surface area contributed by atoms with Crippen molar-refractivity contribution in [3.05, 3.63) is 81.0 Å². The Balaban J connectivity index is 1.55. The zero-order valence-electron chi connectivity index (χ0n) is 18.5. The summed E-state index contributed by atoms with van der Waals surface area (Å²) in [6.07, 6.45) is 2.07. The minimum atomic E-state index is 0.0116. The van der Waals surface area contributed by atoms with Gasteiger partial charge in [-0.2, -0.15) is 0 Å². The lowest BCUT2D eigenvalue weighted by Crippen LogP contribution is -2.40. The molecule has 4 rings (SSSR count). The molecule has 1 aromatic heterocycles. The molecule has 31 heavy (non-hydrogen) atoms. The van der Waals surface area contributed by atoms with E-state index >= 15 is 0 Å². The molecule has 4 nitrogen and oxygen atoms in total. The van der Waals surface area contributed by atoms with E-state index in [0.29, 0.717) is 13.2 Å². The SMILES string of the molecule is CCOc1ccc(NC(=O)CN2CCc3c(sc(C)c3CC)C2c2ccccc2)cc1. The van der Waals surface area contributed by atoms with Gasteiger partial charge in [0.15, 0.2) is 0 Å². The van der Waals surface area contributed by atoms with Crippen molar-refractivity contribution >= 4 is 22.9 Å². The van der Waals surface area contributed by atoms with Gasteiger partial charge in [0.1, 0.15) is 5.75 Å². The van der Waals surface area contributed by atoms with Crippen LogP contribution in [0.25, 0.3) is 0 Å². The Morgan fingerprint density at radius 1 is 1.13 bits per heavy atom. The van der Waals surface area contributed by atoms with Gasteiger partial charge in [-0.3, -0.25) is 9.69 Å². The van der Waals surface area contributed by atoms with Crippen molar-refractivity contribution in [3.63, 3.8) is 0 Å². The summed E-state index contributed by atoms with van der Waals surface area (Å²) in [7, 11) is 0. The summed E-state index contributed by atoms with van der Waals surface area (Å²) in [5, 5.41) is 3.05. The Hall–Kier alpha value is -2.63. The largest absolute Gasteiger partial charge is 0.494 e. The highest BCUT2D eigenvalue weighted by molar-refractivity contribution is 7.12. The molecule has 0 bridgehead atoms. The summed E-state index contributed by atoms with van der Waals surface area (Å²) in [6.45, 7) is 8.31. The van der Waals surface area contributed by atoms with E-state index in [9.17, 15) is 4.79 Å². The number of thiophene rings is 1. The van der Waals surface area contributed by atoms with E-state index < -0.39 is 0 Å². The number of ether oxygens (including phenoxy) is 1. The molecule has 1 aliphatic rings.